The molecule has 0 bridgehead atoms. The van der Waals surface area contributed by atoms with Crippen molar-refractivity contribution in [2.24, 2.45) is 0 Å². The Labute approximate surface area is 134 Å². The normalized spacial score (nSPS) is 30.4. The molecule has 0 saturated carbocycles. The van der Waals surface area contributed by atoms with E-state index in [1.165, 1.54) is 35.0 Å². The Morgan fingerprint density at radius 3 is 1.83 bits per heavy atom. The molecule has 132 valence electrons. The summed E-state index contributed by atoms with van der Waals surface area (Å²) in [4.78, 5) is 33.7. The van der Waals surface area contributed by atoms with Gasteiger partial charge in [-0.1, -0.05) is 0 Å². The Balaban J connectivity index is 3.04. The van der Waals surface area contributed by atoms with Crippen molar-refractivity contribution >= 4 is 17.9 Å². The highest BCUT2D eigenvalue weighted by Gasteiger charge is 2.50. The zero-order chi connectivity index (χ0) is 17.6. The van der Waals surface area contributed by atoms with Crippen molar-refractivity contribution in [1.29, 1.82) is 0 Å². The Morgan fingerprint density at radius 1 is 0.826 bits per heavy atom. The van der Waals surface area contributed by atoms with E-state index in [2.05, 4.69) is 0 Å². The first-order chi connectivity index (χ1) is 10.8. The molecule has 1 saturated heterocycles. The van der Waals surface area contributed by atoms with Crippen LogP contribution in [0, 0.1) is 0 Å². The molecule has 0 aromatic heterocycles. The average Bonchev–Trinajstić information content (AvgIpc) is 2.45. The van der Waals surface area contributed by atoms with Crippen LogP contribution in [0.15, 0.2) is 0 Å². The Kier molecular flexibility index (Phi) is 7.40. The van der Waals surface area contributed by atoms with E-state index in [1.54, 1.807) is 0 Å². The van der Waals surface area contributed by atoms with Crippen molar-refractivity contribution in [1.82, 2.24) is 0 Å². The molecular formula is C14H22O9. The van der Waals surface area contributed by atoms with Gasteiger partial charge in [-0.2, -0.15) is 0 Å². The molecule has 0 N–H and O–H groups in total. The van der Waals surface area contributed by atoms with Gasteiger partial charge in [0.2, 0.25) is 0 Å². The number of methoxy groups -OCH3 is 2. The summed E-state index contributed by atoms with van der Waals surface area (Å²) in [5.41, 5.74) is 0. The Hall–Kier alpha value is -1.71. The molecule has 9 heteroatoms. The molecule has 0 aromatic rings. The lowest BCUT2D eigenvalue weighted by Crippen LogP contribution is -2.62. The summed E-state index contributed by atoms with van der Waals surface area (Å²) in [5.74, 6) is -1.67. The minimum absolute atomic E-state index is 0.127. The van der Waals surface area contributed by atoms with Crippen LogP contribution in [-0.2, 0) is 42.8 Å². The van der Waals surface area contributed by atoms with Gasteiger partial charge in [0.25, 0.3) is 0 Å². The molecule has 1 aliphatic heterocycles. The number of hydrogen-bond acceptors (Lipinski definition) is 9. The topological polar surface area (TPSA) is 107 Å². The van der Waals surface area contributed by atoms with E-state index >= 15 is 0 Å². The van der Waals surface area contributed by atoms with Gasteiger partial charge in [-0.05, 0) is 0 Å². The van der Waals surface area contributed by atoms with Gasteiger partial charge >= 0.3 is 17.9 Å². The maximum atomic E-state index is 11.4. The first-order valence-corrected chi connectivity index (χ1v) is 6.99. The van der Waals surface area contributed by atoms with E-state index in [0.29, 0.717) is 0 Å². The first kappa shape index (κ1) is 19.3. The molecule has 0 radical (unpaired) electrons. The summed E-state index contributed by atoms with van der Waals surface area (Å²) in [6, 6.07) is 0. The van der Waals surface area contributed by atoms with E-state index in [9.17, 15) is 14.4 Å². The van der Waals surface area contributed by atoms with Crippen molar-refractivity contribution in [2.45, 2.75) is 51.5 Å². The summed E-state index contributed by atoms with van der Waals surface area (Å²) in [7, 11) is 2.73. The molecule has 5 atom stereocenters. The van der Waals surface area contributed by atoms with Crippen LogP contribution in [0.2, 0.25) is 0 Å². The summed E-state index contributed by atoms with van der Waals surface area (Å²) < 4.78 is 31.4. The SMILES string of the molecule is CO[C@H]1O[C@H](COC(C)=O)[C@H](OC)[C@H](OC(C)=O)[C@H]1OC(C)=O. The lowest BCUT2D eigenvalue weighted by atomic mass is 9.98. The van der Waals surface area contributed by atoms with Crippen LogP contribution in [0.3, 0.4) is 0 Å². The summed E-state index contributed by atoms with van der Waals surface area (Å²) in [6.45, 7) is 3.56. The molecular weight excluding hydrogens is 312 g/mol. The first-order valence-electron chi connectivity index (χ1n) is 6.99. The minimum Gasteiger partial charge on any atom is -0.463 e. The van der Waals surface area contributed by atoms with Gasteiger partial charge in [0.1, 0.15) is 18.8 Å². The van der Waals surface area contributed by atoms with Crippen molar-refractivity contribution in [3.05, 3.63) is 0 Å². The third-order valence-corrected chi connectivity index (χ3v) is 3.15. The van der Waals surface area contributed by atoms with E-state index in [-0.39, 0.29) is 6.61 Å². The highest BCUT2D eigenvalue weighted by atomic mass is 16.7. The molecule has 0 aromatic carbocycles. The van der Waals surface area contributed by atoms with E-state index in [4.69, 9.17) is 28.4 Å². The molecule has 0 aliphatic carbocycles. The molecule has 0 spiro atoms. The van der Waals surface area contributed by atoms with Gasteiger partial charge < -0.3 is 28.4 Å². The monoisotopic (exact) mass is 334 g/mol. The largest absolute Gasteiger partial charge is 0.463 e. The van der Waals surface area contributed by atoms with Gasteiger partial charge in [-0.15, -0.1) is 0 Å². The number of carbonyl (C=O) groups excluding carboxylic acids is 3. The van der Waals surface area contributed by atoms with E-state index < -0.39 is 48.6 Å². The van der Waals surface area contributed by atoms with Crippen molar-refractivity contribution in [3.63, 3.8) is 0 Å². The molecule has 9 nitrogen and oxygen atoms in total. The zero-order valence-corrected chi connectivity index (χ0v) is 13.8. The van der Waals surface area contributed by atoms with Crippen LogP contribution >= 0.6 is 0 Å². The predicted octanol–water partition coefficient (Wildman–Crippen LogP) is -0.201. The quantitative estimate of drug-likeness (QED) is 0.482. The molecule has 0 unspecified atom stereocenters. The molecule has 1 aliphatic rings. The Bertz CT molecular complexity index is 436. The number of rotatable bonds is 6. The van der Waals surface area contributed by atoms with Gasteiger partial charge in [0.15, 0.2) is 18.5 Å². The van der Waals surface area contributed by atoms with Crippen LogP contribution < -0.4 is 0 Å². The van der Waals surface area contributed by atoms with Gasteiger partial charge in [0, 0.05) is 35.0 Å². The van der Waals surface area contributed by atoms with Crippen LogP contribution in [0.5, 0.6) is 0 Å². The molecule has 1 heterocycles. The summed E-state index contributed by atoms with van der Waals surface area (Å²) >= 11 is 0. The van der Waals surface area contributed by atoms with Crippen molar-refractivity contribution in [3.8, 4) is 0 Å². The summed E-state index contributed by atoms with van der Waals surface area (Å²) in [5, 5.41) is 0. The van der Waals surface area contributed by atoms with Crippen LogP contribution in [0.4, 0.5) is 0 Å². The highest BCUT2D eigenvalue weighted by molar-refractivity contribution is 5.67. The maximum Gasteiger partial charge on any atom is 0.303 e. The third kappa shape index (κ3) is 5.45. The third-order valence-electron chi connectivity index (χ3n) is 3.15. The molecule has 1 rings (SSSR count). The fraction of sp³-hybridized carbons (Fsp3) is 0.786. The summed E-state index contributed by atoms with van der Waals surface area (Å²) in [6.07, 6.45) is -4.56. The number of esters is 3. The lowest BCUT2D eigenvalue weighted by Gasteiger charge is -2.43. The smallest absolute Gasteiger partial charge is 0.303 e. The average molecular weight is 334 g/mol. The van der Waals surface area contributed by atoms with Gasteiger partial charge in [-0.25, -0.2) is 0 Å². The van der Waals surface area contributed by atoms with E-state index in [1.807, 2.05) is 0 Å². The van der Waals surface area contributed by atoms with Gasteiger partial charge in [0.05, 0.1) is 0 Å². The zero-order valence-electron chi connectivity index (χ0n) is 13.8. The molecule has 1 fully saturated rings. The number of carbonyl (C=O) groups is 3. The predicted molar refractivity (Wildman–Crippen MR) is 74.2 cm³/mol. The fourth-order valence-corrected chi connectivity index (χ4v) is 2.33. The highest BCUT2D eigenvalue weighted by Crippen LogP contribution is 2.28. The second-order valence-corrected chi connectivity index (χ2v) is 4.93. The van der Waals surface area contributed by atoms with Crippen molar-refractivity contribution < 1.29 is 42.8 Å². The Morgan fingerprint density at radius 2 is 1.39 bits per heavy atom. The maximum absolute atomic E-state index is 11.4. The van der Waals surface area contributed by atoms with Crippen LogP contribution in [0.25, 0.3) is 0 Å². The lowest BCUT2D eigenvalue weighted by molar-refractivity contribution is -0.303. The van der Waals surface area contributed by atoms with Crippen molar-refractivity contribution in [2.75, 3.05) is 20.8 Å². The van der Waals surface area contributed by atoms with Crippen LogP contribution in [-0.4, -0.2) is 69.4 Å². The van der Waals surface area contributed by atoms with Crippen LogP contribution in [0.1, 0.15) is 20.8 Å². The number of ether oxygens (including phenoxy) is 6. The second-order valence-electron chi connectivity index (χ2n) is 4.93. The van der Waals surface area contributed by atoms with Gasteiger partial charge in [-0.3, -0.25) is 14.4 Å². The standard InChI is InChI=1S/C14H22O9/c1-7(15)20-6-10-11(18-4)12(21-8(2)16)13(22-9(3)17)14(19-5)23-10/h10-14H,6H2,1-5H3/t10-,11+,12+,13-,14+/m1/s1. The molecule has 23 heavy (non-hydrogen) atoms. The minimum atomic E-state index is -1.01. The number of hydrogen-bond donors (Lipinski definition) is 0. The van der Waals surface area contributed by atoms with E-state index in [0.717, 1.165) is 0 Å². The molecule has 0 amide bonds. The second kappa shape index (κ2) is 8.80. The fourth-order valence-electron chi connectivity index (χ4n) is 2.33.